The van der Waals surface area contributed by atoms with Crippen LogP contribution in [0.5, 0.6) is 0 Å². The highest BCUT2D eigenvalue weighted by atomic mass is 32.2. The Morgan fingerprint density at radius 1 is 0.852 bits per heavy atom. The van der Waals surface area contributed by atoms with Crippen LogP contribution in [-0.2, 0) is 16.6 Å². The number of benzene rings is 3. The van der Waals surface area contributed by atoms with Crippen molar-refractivity contribution in [1.82, 2.24) is 0 Å². The minimum Gasteiger partial charge on any atom is -0.262 e. The molecule has 0 heterocycles. The zero-order valence-electron chi connectivity index (χ0n) is 14.4. The van der Waals surface area contributed by atoms with Crippen molar-refractivity contribution in [2.75, 3.05) is 4.31 Å². The van der Waals surface area contributed by atoms with Crippen molar-refractivity contribution >= 4 is 15.7 Å². The molecule has 0 aliphatic rings. The highest BCUT2D eigenvalue weighted by Crippen LogP contribution is 2.28. The number of anilines is 1. The molecule has 7 heteroatoms. The Morgan fingerprint density at radius 3 is 2.15 bits per heavy atom. The van der Waals surface area contributed by atoms with Gasteiger partial charge in [0, 0.05) is 0 Å². The van der Waals surface area contributed by atoms with E-state index >= 15 is 0 Å². The summed E-state index contributed by atoms with van der Waals surface area (Å²) in [6, 6.07) is 14.0. The van der Waals surface area contributed by atoms with Gasteiger partial charge in [0.1, 0.15) is 17.5 Å². The Hall–Kier alpha value is -2.80. The molecular weight excluding hydrogens is 375 g/mol. The van der Waals surface area contributed by atoms with Crippen LogP contribution in [0.3, 0.4) is 0 Å². The van der Waals surface area contributed by atoms with Crippen molar-refractivity contribution in [3.8, 4) is 0 Å². The van der Waals surface area contributed by atoms with Gasteiger partial charge in [-0.2, -0.15) is 0 Å². The first-order valence-corrected chi connectivity index (χ1v) is 9.50. The first-order chi connectivity index (χ1) is 12.8. The molecule has 0 fully saturated rings. The van der Waals surface area contributed by atoms with Crippen LogP contribution in [0.15, 0.2) is 71.6 Å². The molecule has 0 atom stereocenters. The van der Waals surface area contributed by atoms with Crippen LogP contribution in [0.25, 0.3) is 0 Å². The molecule has 0 unspecified atom stereocenters. The van der Waals surface area contributed by atoms with E-state index in [4.69, 9.17) is 0 Å². The molecule has 0 bridgehead atoms. The number of rotatable bonds is 5. The summed E-state index contributed by atoms with van der Waals surface area (Å²) in [4.78, 5) is -0.278. The SMILES string of the molecule is Cc1ccc(N(Cc2cccc(F)c2)S(=O)(=O)c2cccc(F)c2)cc1F. The van der Waals surface area contributed by atoms with Crippen molar-refractivity contribution in [2.24, 2.45) is 0 Å². The third-order valence-electron chi connectivity index (χ3n) is 4.04. The molecule has 3 rings (SSSR count). The van der Waals surface area contributed by atoms with Crippen molar-refractivity contribution in [3.05, 3.63) is 95.3 Å². The number of hydrogen-bond donors (Lipinski definition) is 0. The van der Waals surface area contributed by atoms with Gasteiger partial charge in [-0.1, -0.05) is 24.3 Å². The Bertz CT molecular complexity index is 1080. The molecule has 0 aliphatic heterocycles. The van der Waals surface area contributed by atoms with Gasteiger partial charge in [-0.25, -0.2) is 21.6 Å². The normalized spacial score (nSPS) is 11.4. The Labute approximate surface area is 155 Å². The summed E-state index contributed by atoms with van der Waals surface area (Å²) >= 11 is 0. The average Bonchev–Trinajstić information content (AvgIpc) is 2.62. The van der Waals surface area contributed by atoms with Crippen molar-refractivity contribution in [2.45, 2.75) is 18.4 Å². The van der Waals surface area contributed by atoms with Crippen LogP contribution in [0, 0.1) is 24.4 Å². The maximum Gasteiger partial charge on any atom is 0.264 e. The van der Waals surface area contributed by atoms with Crippen LogP contribution < -0.4 is 4.31 Å². The van der Waals surface area contributed by atoms with Crippen molar-refractivity contribution < 1.29 is 21.6 Å². The molecule has 0 spiro atoms. The lowest BCUT2D eigenvalue weighted by Gasteiger charge is -2.25. The fraction of sp³-hybridized carbons (Fsp3) is 0.100. The first kappa shape index (κ1) is 19.0. The quantitative estimate of drug-likeness (QED) is 0.626. The number of nitrogens with zero attached hydrogens (tertiary/aromatic N) is 1. The monoisotopic (exact) mass is 391 g/mol. The minimum atomic E-state index is -4.21. The molecule has 3 aromatic rings. The summed E-state index contributed by atoms with van der Waals surface area (Å²) in [5.41, 5.74) is 0.787. The lowest BCUT2D eigenvalue weighted by Crippen LogP contribution is -2.30. The third kappa shape index (κ3) is 4.14. The smallest absolute Gasteiger partial charge is 0.262 e. The van der Waals surface area contributed by atoms with Gasteiger partial charge in [-0.15, -0.1) is 0 Å². The maximum atomic E-state index is 14.1. The standard InChI is InChI=1S/C20H16F3NO2S/c1-14-8-9-18(12-20(14)23)24(13-15-4-2-5-16(21)10-15)27(25,26)19-7-3-6-17(22)11-19/h2-12H,13H2,1H3. The molecule has 0 aromatic heterocycles. The molecule has 0 saturated heterocycles. The van der Waals surface area contributed by atoms with Crippen LogP contribution >= 0.6 is 0 Å². The van der Waals surface area contributed by atoms with Gasteiger partial charge in [-0.3, -0.25) is 4.31 Å². The van der Waals surface area contributed by atoms with E-state index in [0.29, 0.717) is 11.1 Å². The summed E-state index contributed by atoms with van der Waals surface area (Å²) < 4.78 is 68.3. The van der Waals surface area contributed by atoms with E-state index in [1.807, 2.05) is 0 Å². The fourth-order valence-corrected chi connectivity index (χ4v) is 4.08. The molecule has 3 nitrogen and oxygen atoms in total. The van der Waals surface area contributed by atoms with Gasteiger partial charge in [-0.05, 0) is 60.5 Å². The van der Waals surface area contributed by atoms with Gasteiger partial charge >= 0.3 is 0 Å². The number of sulfonamides is 1. The van der Waals surface area contributed by atoms with Gasteiger partial charge in [0.25, 0.3) is 10.0 Å². The van der Waals surface area contributed by atoms with E-state index in [-0.39, 0.29) is 17.1 Å². The molecule has 0 N–H and O–H groups in total. The summed E-state index contributed by atoms with van der Waals surface area (Å²) in [6.07, 6.45) is 0. The molecule has 3 aromatic carbocycles. The van der Waals surface area contributed by atoms with Crippen molar-refractivity contribution in [1.29, 1.82) is 0 Å². The molecule has 27 heavy (non-hydrogen) atoms. The van der Waals surface area contributed by atoms with Crippen LogP contribution in [-0.4, -0.2) is 8.42 Å². The van der Waals surface area contributed by atoms with Crippen LogP contribution in [0.2, 0.25) is 0 Å². The Morgan fingerprint density at radius 2 is 1.52 bits per heavy atom. The van der Waals surface area contributed by atoms with Gasteiger partial charge in [0.05, 0.1) is 17.1 Å². The molecule has 0 saturated carbocycles. The highest BCUT2D eigenvalue weighted by molar-refractivity contribution is 7.92. The molecule has 140 valence electrons. The van der Waals surface area contributed by atoms with E-state index < -0.39 is 27.5 Å². The zero-order valence-corrected chi connectivity index (χ0v) is 15.2. The number of halogens is 3. The van der Waals surface area contributed by atoms with Crippen molar-refractivity contribution in [3.63, 3.8) is 0 Å². The second-order valence-electron chi connectivity index (χ2n) is 6.03. The van der Waals surface area contributed by atoms with Crippen LogP contribution in [0.4, 0.5) is 18.9 Å². The predicted octanol–water partition coefficient (Wildman–Crippen LogP) is 4.81. The van der Waals surface area contributed by atoms with Gasteiger partial charge < -0.3 is 0 Å². The van der Waals surface area contributed by atoms with Gasteiger partial charge in [0.15, 0.2) is 0 Å². The summed E-state index contributed by atoms with van der Waals surface area (Å²) in [7, 11) is -4.21. The second-order valence-corrected chi connectivity index (χ2v) is 7.89. The Balaban J connectivity index is 2.12. The summed E-state index contributed by atoms with van der Waals surface area (Å²) in [5.74, 6) is -1.81. The number of hydrogen-bond acceptors (Lipinski definition) is 2. The van der Waals surface area contributed by atoms with E-state index in [2.05, 4.69) is 0 Å². The molecule has 0 radical (unpaired) electrons. The number of aryl methyl sites for hydroxylation is 1. The summed E-state index contributed by atoms with van der Waals surface area (Å²) in [5, 5.41) is 0. The predicted molar refractivity (Wildman–Crippen MR) is 97.3 cm³/mol. The topological polar surface area (TPSA) is 37.4 Å². The van der Waals surface area contributed by atoms with Crippen LogP contribution in [0.1, 0.15) is 11.1 Å². The molecule has 0 amide bonds. The second kappa shape index (κ2) is 7.44. The third-order valence-corrected chi connectivity index (χ3v) is 5.81. The van der Waals surface area contributed by atoms with E-state index in [1.54, 1.807) is 13.0 Å². The highest BCUT2D eigenvalue weighted by Gasteiger charge is 2.26. The first-order valence-electron chi connectivity index (χ1n) is 8.06. The van der Waals surface area contributed by atoms with E-state index in [1.165, 1.54) is 42.5 Å². The fourth-order valence-electron chi connectivity index (χ4n) is 2.61. The van der Waals surface area contributed by atoms with Gasteiger partial charge in [0.2, 0.25) is 0 Å². The lowest BCUT2D eigenvalue weighted by atomic mass is 10.2. The average molecular weight is 391 g/mol. The maximum absolute atomic E-state index is 14.1. The van der Waals surface area contributed by atoms with E-state index in [9.17, 15) is 21.6 Å². The lowest BCUT2D eigenvalue weighted by molar-refractivity contribution is 0.584. The zero-order chi connectivity index (χ0) is 19.6. The molecule has 0 aliphatic carbocycles. The Kier molecular flexibility index (Phi) is 5.23. The summed E-state index contributed by atoms with van der Waals surface area (Å²) in [6.45, 7) is 1.32. The largest absolute Gasteiger partial charge is 0.264 e. The molecular formula is C20H16F3NO2S. The minimum absolute atomic E-state index is 0.0617. The van der Waals surface area contributed by atoms with E-state index in [0.717, 1.165) is 22.5 Å².